The number of amides is 4. The Morgan fingerprint density at radius 2 is 1.89 bits per heavy atom. The lowest BCUT2D eigenvalue weighted by molar-refractivity contribution is -0.133. The van der Waals surface area contributed by atoms with Crippen LogP contribution in [-0.4, -0.2) is 41.9 Å². The van der Waals surface area contributed by atoms with E-state index in [-0.39, 0.29) is 12.5 Å². The molecule has 0 aliphatic carbocycles. The molecular formula is C20H29N3O4. The molecule has 2 rings (SSSR count). The predicted octanol–water partition coefficient (Wildman–Crippen LogP) is 3.30. The van der Waals surface area contributed by atoms with Crippen LogP contribution >= 0.6 is 0 Å². The number of unbranched alkanes of at least 4 members (excludes halogenated alkanes) is 4. The quantitative estimate of drug-likeness (QED) is 0.485. The molecule has 7 heteroatoms. The van der Waals surface area contributed by atoms with Crippen LogP contribution in [-0.2, 0) is 9.59 Å². The van der Waals surface area contributed by atoms with Crippen molar-refractivity contribution < 1.29 is 19.1 Å². The van der Waals surface area contributed by atoms with Crippen molar-refractivity contribution in [3.8, 4) is 5.75 Å². The normalized spacial score (nSPS) is 19.1. The number of rotatable bonds is 10. The molecule has 2 N–H and O–H groups in total. The van der Waals surface area contributed by atoms with Gasteiger partial charge in [-0.25, -0.2) is 4.79 Å². The van der Waals surface area contributed by atoms with E-state index in [0.29, 0.717) is 17.9 Å². The molecule has 0 aromatic heterocycles. The molecule has 1 saturated heterocycles. The Morgan fingerprint density at radius 1 is 1.19 bits per heavy atom. The molecule has 1 aliphatic rings. The lowest BCUT2D eigenvalue weighted by Crippen LogP contribution is -2.44. The average molecular weight is 375 g/mol. The number of anilines is 1. The molecule has 7 nitrogen and oxygen atoms in total. The maximum absolute atomic E-state index is 12.7. The fraction of sp³-hybridized carbons (Fsp3) is 0.550. The Hall–Kier alpha value is -2.57. The zero-order valence-corrected chi connectivity index (χ0v) is 16.3. The second-order valence-corrected chi connectivity index (χ2v) is 7.07. The minimum absolute atomic E-state index is 0.325. The molecule has 1 atom stereocenters. The van der Waals surface area contributed by atoms with Crippen LogP contribution in [0.25, 0.3) is 0 Å². The molecule has 0 spiro atoms. The van der Waals surface area contributed by atoms with Crippen LogP contribution in [0.2, 0.25) is 0 Å². The lowest BCUT2D eigenvalue weighted by atomic mass is 9.94. The number of methoxy groups -OCH3 is 1. The third kappa shape index (κ3) is 5.21. The molecule has 148 valence electrons. The molecule has 0 radical (unpaired) electrons. The molecule has 1 aliphatic heterocycles. The molecule has 0 bridgehead atoms. The second-order valence-electron chi connectivity index (χ2n) is 7.07. The SMILES string of the molecule is CCCCCCCC1(C)NC(=O)N(CC(=O)Nc2ccccc2OC)C1=O. The van der Waals surface area contributed by atoms with E-state index in [1.807, 2.05) is 0 Å². The van der Waals surface area contributed by atoms with Crippen LogP contribution in [0.15, 0.2) is 24.3 Å². The van der Waals surface area contributed by atoms with E-state index in [9.17, 15) is 14.4 Å². The number of urea groups is 1. The van der Waals surface area contributed by atoms with Gasteiger partial charge in [0.2, 0.25) is 5.91 Å². The van der Waals surface area contributed by atoms with Crippen LogP contribution in [0.1, 0.15) is 52.4 Å². The number of benzene rings is 1. The second kappa shape index (κ2) is 9.39. The Balaban J connectivity index is 1.93. The Bertz CT molecular complexity index is 692. The Morgan fingerprint density at radius 3 is 2.59 bits per heavy atom. The van der Waals surface area contributed by atoms with Gasteiger partial charge < -0.3 is 15.4 Å². The Labute approximate surface area is 160 Å². The lowest BCUT2D eigenvalue weighted by Gasteiger charge is -2.21. The highest BCUT2D eigenvalue weighted by molar-refractivity contribution is 6.10. The van der Waals surface area contributed by atoms with Crippen molar-refractivity contribution in [2.45, 2.75) is 57.9 Å². The number of para-hydroxylation sites is 2. The minimum atomic E-state index is -0.936. The van der Waals surface area contributed by atoms with Crippen molar-refractivity contribution in [1.82, 2.24) is 10.2 Å². The summed E-state index contributed by atoms with van der Waals surface area (Å²) in [4.78, 5) is 38.3. The van der Waals surface area contributed by atoms with Crippen molar-refractivity contribution in [3.63, 3.8) is 0 Å². The zero-order chi connectivity index (χ0) is 19.9. The Kier molecular flexibility index (Phi) is 7.21. The standard InChI is InChI=1S/C20H29N3O4/c1-4-5-6-7-10-13-20(2)18(25)23(19(26)22-20)14-17(24)21-15-11-8-9-12-16(15)27-3/h8-9,11-12H,4-7,10,13-14H2,1-3H3,(H,21,24)(H,22,26). The number of hydrogen-bond acceptors (Lipinski definition) is 4. The third-order valence-electron chi connectivity index (χ3n) is 4.81. The maximum atomic E-state index is 12.7. The largest absolute Gasteiger partial charge is 0.495 e. The van der Waals surface area contributed by atoms with Crippen LogP contribution in [0.3, 0.4) is 0 Å². The molecule has 1 aromatic rings. The number of nitrogens with one attached hydrogen (secondary N) is 2. The van der Waals surface area contributed by atoms with E-state index in [1.54, 1.807) is 31.2 Å². The summed E-state index contributed by atoms with van der Waals surface area (Å²) in [6, 6.07) is 6.45. The summed E-state index contributed by atoms with van der Waals surface area (Å²) in [7, 11) is 1.51. The number of ether oxygens (including phenoxy) is 1. The number of nitrogens with zero attached hydrogens (tertiary/aromatic N) is 1. The van der Waals surface area contributed by atoms with E-state index in [0.717, 1.165) is 30.6 Å². The highest BCUT2D eigenvalue weighted by Crippen LogP contribution is 2.25. The third-order valence-corrected chi connectivity index (χ3v) is 4.81. The summed E-state index contributed by atoms with van der Waals surface area (Å²) in [6.07, 6.45) is 5.92. The van der Waals surface area contributed by atoms with Crippen LogP contribution in [0.4, 0.5) is 10.5 Å². The monoisotopic (exact) mass is 375 g/mol. The van der Waals surface area contributed by atoms with E-state index < -0.39 is 17.5 Å². The van der Waals surface area contributed by atoms with Gasteiger partial charge >= 0.3 is 6.03 Å². The zero-order valence-electron chi connectivity index (χ0n) is 16.3. The van der Waals surface area contributed by atoms with Crippen LogP contribution in [0, 0.1) is 0 Å². The summed E-state index contributed by atoms with van der Waals surface area (Å²) >= 11 is 0. The number of carbonyl (C=O) groups excluding carboxylic acids is 3. The first-order valence-corrected chi connectivity index (χ1v) is 9.48. The number of imide groups is 1. The van der Waals surface area contributed by atoms with Crippen molar-refractivity contribution >= 4 is 23.5 Å². The van der Waals surface area contributed by atoms with E-state index in [1.165, 1.54) is 13.5 Å². The molecule has 1 aromatic carbocycles. The summed E-state index contributed by atoms with van der Waals surface area (Å²) in [6.45, 7) is 3.55. The fourth-order valence-corrected chi connectivity index (χ4v) is 3.22. The van der Waals surface area contributed by atoms with Crippen molar-refractivity contribution in [1.29, 1.82) is 0 Å². The van der Waals surface area contributed by atoms with Gasteiger partial charge in [0, 0.05) is 0 Å². The van der Waals surface area contributed by atoms with Gasteiger partial charge in [0.25, 0.3) is 5.91 Å². The molecule has 0 saturated carbocycles. The highest BCUT2D eigenvalue weighted by Gasteiger charge is 2.47. The fourth-order valence-electron chi connectivity index (χ4n) is 3.22. The van der Waals surface area contributed by atoms with E-state index in [2.05, 4.69) is 17.6 Å². The van der Waals surface area contributed by atoms with E-state index in [4.69, 9.17) is 4.74 Å². The van der Waals surface area contributed by atoms with Gasteiger partial charge in [-0.1, -0.05) is 51.2 Å². The molecule has 1 heterocycles. The minimum Gasteiger partial charge on any atom is -0.495 e. The first-order valence-electron chi connectivity index (χ1n) is 9.48. The summed E-state index contributed by atoms with van der Waals surface area (Å²) < 4.78 is 5.19. The smallest absolute Gasteiger partial charge is 0.325 e. The molecule has 1 fully saturated rings. The van der Waals surface area contributed by atoms with Crippen LogP contribution < -0.4 is 15.4 Å². The van der Waals surface area contributed by atoms with Crippen LogP contribution in [0.5, 0.6) is 5.75 Å². The van der Waals surface area contributed by atoms with Gasteiger partial charge in [0.05, 0.1) is 12.8 Å². The van der Waals surface area contributed by atoms with E-state index >= 15 is 0 Å². The highest BCUT2D eigenvalue weighted by atomic mass is 16.5. The van der Waals surface area contributed by atoms with Gasteiger partial charge in [0.1, 0.15) is 17.8 Å². The predicted molar refractivity (Wildman–Crippen MR) is 104 cm³/mol. The molecule has 27 heavy (non-hydrogen) atoms. The summed E-state index contributed by atoms with van der Waals surface area (Å²) in [5.74, 6) is -0.284. The van der Waals surface area contributed by atoms with Gasteiger partial charge in [-0.3, -0.25) is 14.5 Å². The average Bonchev–Trinajstić information content (AvgIpc) is 2.85. The van der Waals surface area contributed by atoms with Crippen molar-refractivity contribution in [3.05, 3.63) is 24.3 Å². The topological polar surface area (TPSA) is 87.7 Å². The number of hydrogen-bond donors (Lipinski definition) is 2. The van der Waals surface area contributed by atoms with Crippen molar-refractivity contribution in [2.24, 2.45) is 0 Å². The van der Waals surface area contributed by atoms with Crippen molar-refractivity contribution in [2.75, 3.05) is 19.0 Å². The molecule has 4 amide bonds. The summed E-state index contributed by atoms with van der Waals surface area (Å²) in [5.41, 5.74) is -0.440. The number of carbonyl (C=O) groups is 3. The molecular weight excluding hydrogens is 346 g/mol. The summed E-state index contributed by atoms with van der Waals surface area (Å²) in [5, 5.41) is 5.43. The first-order chi connectivity index (χ1) is 12.9. The molecule has 1 unspecified atom stereocenters. The van der Waals surface area contributed by atoms with Gasteiger partial charge in [-0.15, -0.1) is 0 Å². The maximum Gasteiger partial charge on any atom is 0.325 e. The van der Waals surface area contributed by atoms with Gasteiger partial charge in [0.15, 0.2) is 0 Å². The van der Waals surface area contributed by atoms with Gasteiger partial charge in [-0.05, 0) is 25.5 Å². The van der Waals surface area contributed by atoms with Gasteiger partial charge in [-0.2, -0.15) is 0 Å². The first kappa shape index (κ1) is 20.7.